The van der Waals surface area contributed by atoms with Gasteiger partial charge in [-0.25, -0.2) is 0 Å². The van der Waals surface area contributed by atoms with Crippen LogP contribution in [0.25, 0.3) is 0 Å². The molecule has 5 nitrogen and oxygen atoms in total. The smallest absolute Gasteiger partial charge is 0.0638 e. The van der Waals surface area contributed by atoms with Gasteiger partial charge >= 0.3 is 0 Å². The van der Waals surface area contributed by atoms with Crippen LogP contribution in [0.5, 0.6) is 0 Å². The first-order chi connectivity index (χ1) is 11.8. The number of nitrogens with one attached hydrogen (secondary N) is 1. The zero-order valence-electron chi connectivity index (χ0n) is 14.0. The molecule has 0 saturated carbocycles. The molecule has 3 aromatic rings. The SMILES string of the molecule is C=CCn1cc(CN[C@@H](Cn2cccn2)c2ccccc2)c(C)n1. The summed E-state index contributed by atoms with van der Waals surface area (Å²) in [6, 6.07) is 12.6. The van der Waals surface area contributed by atoms with Crippen molar-refractivity contribution < 1.29 is 0 Å². The average Bonchev–Trinajstić information content (AvgIpc) is 3.22. The lowest BCUT2D eigenvalue weighted by molar-refractivity contribution is 0.437. The molecule has 5 heteroatoms. The second-order valence-corrected chi connectivity index (χ2v) is 5.82. The minimum atomic E-state index is 0.188. The van der Waals surface area contributed by atoms with Crippen molar-refractivity contribution in [1.82, 2.24) is 24.9 Å². The molecule has 0 aliphatic heterocycles. The minimum Gasteiger partial charge on any atom is -0.304 e. The van der Waals surface area contributed by atoms with E-state index in [1.54, 1.807) is 0 Å². The van der Waals surface area contributed by atoms with E-state index in [-0.39, 0.29) is 6.04 Å². The Labute approximate surface area is 142 Å². The molecular formula is C19H23N5. The Morgan fingerprint density at radius 1 is 1.21 bits per heavy atom. The second-order valence-electron chi connectivity index (χ2n) is 5.82. The molecule has 2 aromatic heterocycles. The largest absolute Gasteiger partial charge is 0.304 e. The summed E-state index contributed by atoms with van der Waals surface area (Å²) in [6.07, 6.45) is 7.74. The van der Waals surface area contributed by atoms with E-state index < -0.39 is 0 Å². The maximum atomic E-state index is 4.51. The van der Waals surface area contributed by atoms with E-state index in [1.807, 2.05) is 46.9 Å². The van der Waals surface area contributed by atoms with Gasteiger partial charge in [0.15, 0.2) is 0 Å². The van der Waals surface area contributed by atoms with E-state index in [0.29, 0.717) is 0 Å². The highest BCUT2D eigenvalue weighted by molar-refractivity contribution is 5.20. The van der Waals surface area contributed by atoms with Crippen molar-refractivity contribution in [3.05, 3.63) is 84.5 Å². The zero-order chi connectivity index (χ0) is 16.8. The van der Waals surface area contributed by atoms with E-state index in [0.717, 1.165) is 25.3 Å². The van der Waals surface area contributed by atoms with Crippen molar-refractivity contribution in [3.63, 3.8) is 0 Å². The number of allylic oxidation sites excluding steroid dienone is 1. The van der Waals surface area contributed by atoms with Crippen LogP contribution in [-0.4, -0.2) is 19.6 Å². The predicted molar refractivity (Wildman–Crippen MR) is 95.4 cm³/mol. The molecule has 3 rings (SSSR count). The van der Waals surface area contributed by atoms with Gasteiger partial charge in [-0.3, -0.25) is 9.36 Å². The molecule has 2 heterocycles. The van der Waals surface area contributed by atoms with Crippen LogP contribution in [0.1, 0.15) is 22.9 Å². The average molecular weight is 321 g/mol. The molecule has 0 fully saturated rings. The zero-order valence-corrected chi connectivity index (χ0v) is 14.0. The van der Waals surface area contributed by atoms with Crippen molar-refractivity contribution in [2.75, 3.05) is 0 Å². The number of rotatable bonds is 8. The monoisotopic (exact) mass is 321 g/mol. The summed E-state index contributed by atoms with van der Waals surface area (Å²) in [5, 5.41) is 12.5. The highest BCUT2D eigenvalue weighted by Crippen LogP contribution is 2.16. The molecule has 0 aliphatic rings. The molecule has 1 N–H and O–H groups in total. The van der Waals surface area contributed by atoms with Gasteiger partial charge in [0.1, 0.15) is 0 Å². The van der Waals surface area contributed by atoms with Crippen molar-refractivity contribution in [2.24, 2.45) is 0 Å². The predicted octanol–water partition coefficient (Wildman–Crippen LogP) is 3.11. The highest BCUT2D eigenvalue weighted by Gasteiger charge is 2.13. The molecule has 0 aliphatic carbocycles. The van der Waals surface area contributed by atoms with Gasteiger partial charge in [0.2, 0.25) is 0 Å². The lowest BCUT2D eigenvalue weighted by Crippen LogP contribution is -2.25. The summed E-state index contributed by atoms with van der Waals surface area (Å²) in [5.41, 5.74) is 3.51. The first-order valence-electron chi connectivity index (χ1n) is 8.16. The maximum absolute atomic E-state index is 4.51. The topological polar surface area (TPSA) is 47.7 Å². The fourth-order valence-electron chi connectivity index (χ4n) is 2.76. The Morgan fingerprint density at radius 2 is 2.04 bits per heavy atom. The molecule has 0 bridgehead atoms. The van der Waals surface area contributed by atoms with Crippen LogP contribution in [0.15, 0.2) is 67.6 Å². The highest BCUT2D eigenvalue weighted by atomic mass is 15.3. The summed E-state index contributed by atoms with van der Waals surface area (Å²) < 4.78 is 3.88. The van der Waals surface area contributed by atoms with Gasteiger partial charge in [-0.1, -0.05) is 36.4 Å². The van der Waals surface area contributed by atoms with Crippen LogP contribution < -0.4 is 5.32 Å². The Bertz CT molecular complexity index is 758. The van der Waals surface area contributed by atoms with Crippen LogP contribution in [-0.2, 0) is 19.6 Å². The van der Waals surface area contributed by atoms with Gasteiger partial charge in [-0.05, 0) is 18.6 Å². The molecule has 0 amide bonds. The fraction of sp³-hybridized carbons (Fsp3) is 0.263. The van der Waals surface area contributed by atoms with Crippen molar-refractivity contribution >= 4 is 0 Å². The van der Waals surface area contributed by atoms with Crippen molar-refractivity contribution in [3.8, 4) is 0 Å². The Balaban J connectivity index is 1.73. The molecule has 0 saturated heterocycles. The van der Waals surface area contributed by atoms with Crippen LogP contribution >= 0.6 is 0 Å². The Kier molecular flexibility index (Phi) is 5.23. The lowest BCUT2D eigenvalue weighted by Gasteiger charge is -2.19. The molecule has 124 valence electrons. The quantitative estimate of drug-likeness (QED) is 0.649. The van der Waals surface area contributed by atoms with Gasteiger partial charge in [-0.15, -0.1) is 6.58 Å². The van der Waals surface area contributed by atoms with Crippen LogP contribution in [0.2, 0.25) is 0 Å². The fourth-order valence-corrected chi connectivity index (χ4v) is 2.76. The van der Waals surface area contributed by atoms with Gasteiger partial charge in [0, 0.05) is 30.7 Å². The summed E-state index contributed by atoms with van der Waals surface area (Å²) in [6.45, 7) is 8.10. The third kappa shape index (κ3) is 4.00. The van der Waals surface area contributed by atoms with Crippen LogP contribution in [0.3, 0.4) is 0 Å². The summed E-state index contributed by atoms with van der Waals surface area (Å²) >= 11 is 0. The van der Waals surface area contributed by atoms with Gasteiger partial charge in [-0.2, -0.15) is 10.2 Å². The maximum Gasteiger partial charge on any atom is 0.0638 e. The summed E-state index contributed by atoms with van der Waals surface area (Å²) in [7, 11) is 0. The number of hydrogen-bond acceptors (Lipinski definition) is 3. The molecule has 0 radical (unpaired) electrons. The number of hydrogen-bond donors (Lipinski definition) is 1. The van der Waals surface area contributed by atoms with E-state index in [9.17, 15) is 0 Å². The van der Waals surface area contributed by atoms with Crippen LogP contribution in [0, 0.1) is 6.92 Å². The standard InChI is InChI=1S/C19H23N5/c1-3-11-24-14-18(16(2)22-24)13-20-19(15-23-12-7-10-21-23)17-8-5-4-6-9-17/h3-10,12,14,19-20H,1,11,13,15H2,2H3/t19-/m0/s1. The second kappa shape index (κ2) is 7.75. The molecule has 0 spiro atoms. The Morgan fingerprint density at radius 3 is 2.75 bits per heavy atom. The summed E-state index contributed by atoms with van der Waals surface area (Å²) in [4.78, 5) is 0. The molecule has 0 unspecified atom stereocenters. The number of nitrogens with zero attached hydrogens (tertiary/aromatic N) is 4. The minimum absolute atomic E-state index is 0.188. The molecule has 24 heavy (non-hydrogen) atoms. The summed E-state index contributed by atoms with van der Waals surface area (Å²) in [5.74, 6) is 0. The number of aromatic nitrogens is 4. The third-order valence-corrected chi connectivity index (χ3v) is 4.03. The third-order valence-electron chi connectivity index (χ3n) is 4.03. The van der Waals surface area contributed by atoms with E-state index >= 15 is 0 Å². The number of benzene rings is 1. The van der Waals surface area contributed by atoms with Gasteiger partial charge in [0.05, 0.1) is 24.8 Å². The number of aryl methyl sites for hydroxylation is 1. The normalized spacial score (nSPS) is 12.2. The molecule has 1 aromatic carbocycles. The molecule has 1 atom stereocenters. The van der Waals surface area contributed by atoms with Crippen molar-refractivity contribution in [1.29, 1.82) is 0 Å². The van der Waals surface area contributed by atoms with Crippen LogP contribution in [0.4, 0.5) is 0 Å². The first-order valence-corrected chi connectivity index (χ1v) is 8.16. The van der Waals surface area contributed by atoms with Gasteiger partial charge in [0.25, 0.3) is 0 Å². The van der Waals surface area contributed by atoms with E-state index in [1.165, 1.54) is 11.1 Å². The van der Waals surface area contributed by atoms with Crippen molar-refractivity contribution in [2.45, 2.75) is 32.6 Å². The molecular weight excluding hydrogens is 298 g/mol. The Hall–Kier alpha value is -2.66. The van der Waals surface area contributed by atoms with Gasteiger partial charge < -0.3 is 5.32 Å². The lowest BCUT2D eigenvalue weighted by atomic mass is 10.1. The van der Waals surface area contributed by atoms with E-state index in [2.05, 4.69) is 52.6 Å². The first kappa shape index (κ1) is 16.2. The van der Waals surface area contributed by atoms with E-state index in [4.69, 9.17) is 0 Å².